The summed E-state index contributed by atoms with van der Waals surface area (Å²) >= 11 is 0. The van der Waals surface area contributed by atoms with Crippen LogP contribution in [-0.4, -0.2) is 5.67 Å². The van der Waals surface area contributed by atoms with Gasteiger partial charge in [-0.3, -0.25) is 0 Å². The molecule has 0 spiro atoms. The van der Waals surface area contributed by atoms with Gasteiger partial charge in [-0.25, -0.2) is 4.39 Å². The second kappa shape index (κ2) is 1.26. The molecule has 0 nitrogen and oxygen atoms in total. The Morgan fingerprint density at radius 1 is 1.25 bits per heavy atom. The van der Waals surface area contributed by atoms with Crippen LogP contribution < -0.4 is 0 Å². The van der Waals surface area contributed by atoms with Gasteiger partial charge in [-0.2, -0.15) is 0 Å². The second-order valence-electron chi connectivity index (χ2n) is 3.08. The van der Waals surface area contributed by atoms with Crippen LogP contribution in [0.15, 0.2) is 0 Å². The van der Waals surface area contributed by atoms with E-state index in [-0.39, 0.29) is 0 Å². The van der Waals surface area contributed by atoms with Crippen molar-refractivity contribution in [3.63, 3.8) is 0 Å². The average Bonchev–Trinajstić information content (AvgIpc) is 2.21. The van der Waals surface area contributed by atoms with Crippen molar-refractivity contribution in [2.45, 2.75) is 37.8 Å². The molecular formula is C7H10F. The number of rotatable bonds is 0. The smallest absolute Gasteiger partial charge is 0.111 e. The Bertz CT molecular complexity index is 101. The molecule has 2 saturated carbocycles. The lowest BCUT2D eigenvalue weighted by atomic mass is 9.99. The molecule has 2 fully saturated rings. The van der Waals surface area contributed by atoms with Gasteiger partial charge >= 0.3 is 0 Å². The van der Waals surface area contributed by atoms with Crippen molar-refractivity contribution in [3.8, 4) is 0 Å². The standard InChI is InChI=1S/C7H10F/c8-7-3-1-6(5-7)2-4-7/h1-5H2. The van der Waals surface area contributed by atoms with Crippen molar-refractivity contribution in [2.24, 2.45) is 0 Å². The monoisotopic (exact) mass is 113 g/mol. The van der Waals surface area contributed by atoms with Crippen molar-refractivity contribution in [1.82, 2.24) is 0 Å². The van der Waals surface area contributed by atoms with Crippen LogP contribution in [0.2, 0.25) is 0 Å². The van der Waals surface area contributed by atoms with Gasteiger partial charge in [-0.15, -0.1) is 0 Å². The molecule has 0 saturated heterocycles. The first kappa shape index (κ1) is 4.78. The molecule has 0 N–H and O–H groups in total. The van der Waals surface area contributed by atoms with Gasteiger partial charge in [0.15, 0.2) is 0 Å². The van der Waals surface area contributed by atoms with Crippen LogP contribution in [-0.2, 0) is 0 Å². The Labute approximate surface area is 49.1 Å². The summed E-state index contributed by atoms with van der Waals surface area (Å²) in [7, 11) is 0. The van der Waals surface area contributed by atoms with Crippen LogP contribution >= 0.6 is 0 Å². The SMILES string of the molecule is FC12CC[C](CC1)C2. The van der Waals surface area contributed by atoms with Crippen molar-refractivity contribution in [2.75, 3.05) is 0 Å². The van der Waals surface area contributed by atoms with E-state index in [2.05, 4.69) is 0 Å². The number of hydrogen-bond acceptors (Lipinski definition) is 0. The zero-order valence-corrected chi connectivity index (χ0v) is 4.91. The summed E-state index contributed by atoms with van der Waals surface area (Å²) in [5.74, 6) is 1.48. The number of halogens is 1. The first-order valence-corrected chi connectivity index (χ1v) is 3.31. The maximum atomic E-state index is 13.1. The summed E-state index contributed by atoms with van der Waals surface area (Å²) in [6, 6.07) is 0. The summed E-state index contributed by atoms with van der Waals surface area (Å²) in [5.41, 5.74) is -0.727. The molecule has 0 aromatic rings. The first-order valence-electron chi connectivity index (χ1n) is 3.31. The highest BCUT2D eigenvalue weighted by Gasteiger charge is 2.45. The number of alkyl halides is 1. The van der Waals surface area contributed by atoms with Gasteiger partial charge in [0.25, 0.3) is 0 Å². The van der Waals surface area contributed by atoms with Crippen LogP contribution in [0.1, 0.15) is 32.1 Å². The van der Waals surface area contributed by atoms with E-state index in [0.717, 1.165) is 32.1 Å². The Morgan fingerprint density at radius 2 is 1.88 bits per heavy atom. The van der Waals surface area contributed by atoms with Gasteiger partial charge in [-0.1, -0.05) is 0 Å². The largest absolute Gasteiger partial charge is 0.244 e. The van der Waals surface area contributed by atoms with E-state index in [1.165, 1.54) is 5.92 Å². The summed E-state index contributed by atoms with van der Waals surface area (Å²) in [5, 5.41) is 0. The maximum Gasteiger partial charge on any atom is 0.111 e. The predicted molar refractivity (Wildman–Crippen MR) is 30.2 cm³/mol. The Morgan fingerprint density at radius 3 is 2.00 bits per heavy atom. The van der Waals surface area contributed by atoms with Crippen LogP contribution in [0, 0.1) is 5.92 Å². The van der Waals surface area contributed by atoms with Gasteiger partial charge < -0.3 is 0 Å². The van der Waals surface area contributed by atoms with Crippen molar-refractivity contribution in [1.29, 1.82) is 0 Å². The lowest BCUT2D eigenvalue weighted by Crippen LogP contribution is -2.13. The van der Waals surface area contributed by atoms with Gasteiger partial charge in [0.05, 0.1) is 0 Å². The highest BCUT2D eigenvalue weighted by atomic mass is 19.1. The normalized spacial score (nSPS) is 34.1. The fourth-order valence-electron chi connectivity index (χ4n) is 1.85. The van der Waals surface area contributed by atoms with E-state index in [1.807, 2.05) is 0 Å². The highest BCUT2D eigenvalue weighted by molar-refractivity contribution is 5.13. The molecule has 2 bridgehead atoms. The summed E-state index contributed by atoms with van der Waals surface area (Å²) < 4.78 is 13.1. The maximum absolute atomic E-state index is 13.1. The topological polar surface area (TPSA) is 0 Å². The van der Waals surface area contributed by atoms with Crippen LogP contribution in [0.25, 0.3) is 0 Å². The third-order valence-electron chi connectivity index (χ3n) is 2.42. The Hall–Kier alpha value is -0.0700. The molecule has 0 aromatic heterocycles. The third-order valence-corrected chi connectivity index (χ3v) is 2.42. The first-order chi connectivity index (χ1) is 3.79. The van der Waals surface area contributed by atoms with E-state index >= 15 is 0 Å². The van der Waals surface area contributed by atoms with Crippen LogP contribution in [0.5, 0.6) is 0 Å². The predicted octanol–water partition coefficient (Wildman–Crippen LogP) is 2.25. The molecule has 0 heterocycles. The molecule has 2 rings (SSSR count). The Balaban J connectivity index is 2.19. The molecule has 8 heavy (non-hydrogen) atoms. The molecule has 0 amide bonds. The zero-order valence-electron chi connectivity index (χ0n) is 4.91. The second-order valence-corrected chi connectivity index (χ2v) is 3.08. The van der Waals surface area contributed by atoms with Gasteiger partial charge in [0, 0.05) is 0 Å². The van der Waals surface area contributed by atoms with E-state index in [9.17, 15) is 4.39 Å². The van der Waals surface area contributed by atoms with E-state index < -0.39 is 5.67 Å². The molecule has 1 heteroatoms. The van der Waals surface area contributed by atoms with Crippen LogP contribution in [0.4, 0.5) is 4.39 Å². The average molecular weight is 113 g/mol. The van der Waals surface area contributed by atoms with Crippen molar-refractivity contribution in [3.05, 3.63) is 5.92 Å². The molecule has 1 radical (unpaired) electrons. The van der Waals surface area contributed by atoms with E-state index in [4.69, 9.17) is 0 Å². The molecule has 0 unspecified atom stereocenters. The van der Waals surface area contributed by atoms with Crippen molar-refractivity contribution < 1.29 is 4.39 Å². The lowest BCUT2D eigenvalue weighted by Gasteiger charge is -2.14. The minimum Gasteiger partial charge on any atom is -0.244 e. The molecular weight excluding hydrogens is 103 g/mol. The molecule has 0 aliphatic heterocycles. The quantitative estimate of drug-likeness (QED) is 0.452. The lowest BCUT2D eigenvalue weighted by molar-refractivity contribution is 0.177. The van der Waals surface area contributed by atoms with Crippen molar-refractivity contribution >= 4 is 0 Å². The van der Waals surface area contributed by atoms with Gasteiger partial charge in [-0.05, 0) is 38.0 Å². The van der Waals surface area contributed by atoms with Gasteiger partial charge in [0.1, 0.15) is 5.67 Å². The molecule has 2 aliphatic rings. The van der Waals surface area contributed by atoms with E-state index in [0.29, 0.717) is 0 Å². The number of hydrogen-bond donors (Lipinski definition) is 0. The van der Waals surface area contributed by atoms with E-state index in [1.54, 1.807) is 0 Å². The Kier molecular flexibility index (Phi) is 0.750. The zero-order chi connectivity index (χ0) is 5.61. The fourth-order valence-corrected chi connectivity index (χ4v) is 1.85. The molecule has 2 aliphatic carbocycles. The summed E-state index contributed by atoms with van der Waals surface area (Å²) in [4.78, 5) is 0. The molecule has 0 atom stereocenters. The molecule has 45 valence electrons. The minimum absolute atomic E-state index is 0.727. The summed E-state index contributed by atoms with van der Waals surface area (Å²) in [6.07, 6.45) is 4.60. The van der Waals surface area contributed by atoms with Crippen LogP contribution in [0.3, 0.4) is 0 Å². The third kappa shape index (κ3) is 0.503. The number of fused-ring (bicyclic) bond motifs is 2. The fraction of sp³-hybridized carbons (Fsp3) is 0.857. The minimum atomic E-state index is -0.727. The highest BCUT2D eigenvalue weighted by Crippen LogP contribution is 2.51. The molecule has 0 aromatic carbocycles. The van der Waals surface area contributed by atoms with Gasteiger partial charge in [0.2, 0.25) is 0 Å². The summed E-state index contributed by atoms with van der Waals surface area (Å²) in [6.45, 7) is 0.